The highest BCUT2D eigenvalue weighted by Gasteiger charge is 2.21. The van der Waals surface area contributed by atoms with Crippen molar-refractivity contribution in [1.82, 2.24) is 0 Å². The number of rotatable bonds is 9. The van der Waals surface area contributed by atoms with E-state index < -0.39 is 0 Å². The van der Waals surface area contributed by atoms with Crippen LogP contribution in [0.2, 0.25) is 0 Å². The minimum absolute atomic E-state index is 0.0344. The minimum Gasteiger partial charge on any atom is -0.465 e. The van der Waals surface area contributed by atoms with Crippen LogP contribution in [0.5, 0.6) is 0 Å². The van der Waals surface area contributed by atoms with Crippen molar-refractivity contribution in [3.63, 3.8) is 0 Å². The van der Waals surface area contributed by atoms with Crippen LogP contribution >= 0.6 is 0 Å². The van der Waals surface area contributed by atoms with Crippen LogP contribution in [0.4, 0.5) is 0 Å². The van der Waals surface area contributed by atoms with Gasteiger partial charge in [-0.25, -0.2) is 0 Å². The third kappa shape index (κ3) is 6.11. The van der Waals surface area contributed by atoms with E-state index in [9.17, 15) is 4.79 Å². The molecule has 1 heterocycles. The topological polar surface area (TPSA) is 38.8 Å². The van der Waals surface area contributed by atoms with Crippen LogP contribution in [0.3, 0.4) is 0 Å². The van der Waals surface area contributed by atoms with Gasteiger partial charge < -0.3 is 9.47 Å². The molecule has 1 rings (SSSR count). The van der Waals surface area contributed by atoms with Gasteiger partial charge in [0.15, 0.2) is 0 Å². The molecule has 1 saturated heterocycles. The zero-order valence-electron chi connectivity index (χ0n) is 10.5. The van der Waals surface area contributed by atoms with E-state index in [0.29, 0.717) is 12.7 Å². The Hall–Kier alpha value is -0.570. The molecule has 16 heavy (non-hydrogen) atoms. The molecule has 0 aliphatic carbocycles. The lowest BCUT2D eigenvalue weighted by Crippen LogP contribution is -2.15. The maximum Gasteiger partial charge on any atom is 0.308 e. The van der Waals surface area contributed by atoms with Gasteiger partial charge in [0.05, 0.1) is 25.2 Å². The van der Waals surface area contributed by atoms with Gasteiger partial charge in [-0.15, -0.1) is 0 Å². The Kier molecular flexibility index (Phi) is 6.46. The Balaban J connectivity index is 1.94. The summed E-state index contributed by atoms with van der Waals surface area (Å²) in [5, 5.41) is 0. The van der Waals surface area contributed by atoms with E-state index >= 15 is 0 Å². The summed E-state index contributed by atoms with van der Waals surface area (Å²) in [5.41, 5.74) is 0. The molecule has 0 aromatic rings. The Morgan fingerprint density at radius 1 is 1.44 bits per heavy atom. The van der Waals surface area contributed by atoms with Crippen molar-refractivity contribution in [1.29, 1.82) is 0 Å². The Morgan fingerprint density at radius 2 is 2.19 bits per heavy atom. The average molecular weight is 228 g/mol. The second-order valence-corrected chi connectivity index (χ2v) is 4.66. The fraction of sp³-hybridized carbons (Fsp3) is 0.923. The van der Waals surface area contributed by atoms with E-state index in [2.05, 4.69) is 6.92 Å². The van der Waals surface area contributed by atoms with Gasteiger partial charge in [-0.3, -0.25) is 4.79 Å². The van der Waals surface area contributed by atoms with Gasteiger partial charge >= 0.3 is 5.97 Å². The number of esters is 1. The summed E-state index contributed by atoms with van der Waals surface area (Å²) in [6.07, 6.45) is 6.89. The van der Waals surface area contributed by atoms with Crippen molar-refractivity contribution in [2.24, 2.45) is 5.92 Å². The van der Waals surface area contributed by atoms with E-state index in [1.54, 1.807) is 0 Å². The third-order valence-electron chi connectivity index (χ3n) is 2.96. The molecule has 1 fully saturated rings. The minimum atomic E-state index is -0.0344. The van der Waals surface area contributed by atoms with Crippen molar-refractivity contribution >= 4 is 5.97 Å². The van der Waals surface area contributed by atoms with Crippen molar-refractivity contribution in [3.8, 4) is 0 Å². The van der Waals surface area contributed by atoms with Gasteiger partial charge in [0.2, 0.25) is 0 Å². The molecule has 0 bridgehead atoms. The molecule has 0 radical (unpaired) electrons. The van der Waals surface area contributed by atoms with Crippen LogP contribution in [-0.2, 0) is 14.3 Å². The summed E-state index contributed by atoms with van der Waals surface area (Å²) < 4.78 is 10.3. The van der Waals surface area contributed by atoms with E-state index in [4.69, 9.17) is 9.47 Å². The van der Waals surface area contributed by atoms with Crippen molar-refractivity contribution in [2.75, 3.05) is 13.2 Å². The first-order chi connectivity index (χ1) is 7.74. The lowest BCUT2D eigenvalue weighted by molar-refractivity contribution is -0.148. The van der Waals surface area contributed by atoms with Crippen LogP contribution in [0.1, 0.15) is 52.4 Å². The zero-order valence-corrected chi connectivity index (χ0v) is 10.5. The normalized spacial score (nSPS) is 20.5. The zero-order chi connectivity index (χ0) is 11.8. The molecule has 1 aliphatic heterocycles. The molecule has 1 aliphatic rings. The van der Waals surface area contributed by atoms with Crippen molar-refractivity contribution in [2.45, 2.75) is 58.5 Å². The highest BCUT2D eigenvalue weighted by molar-refractivity contribution is 5.71. The van der Waals surface area contributed by atoms with Gasteiger partial charge in [-0.05, 0) is 19.3 Å². The molecule has 3 heteroatoms. The van der Waals surface area contributed by atoms with Gasteiger partial charge in [-0.2, -0.15) is 0 Å². The Labute approximate surface area is 98.5 Å². The number of unbranched alkanes of at least 4 members (excludes halogenated alkanes) is 2. The van der Waals surface area contributed by atoms with E-state index in [1.807, 2.05) is 6.92 Å². The van der Waals surface area contributed by atoms with Crippen LogP contribution in [0.15, 0.2) is 0 Å². The molecule has 0 aromatic carbocycles. The summed E-state index contributed by atoms with van der Waals surface area (Å²) in [6, 6.07) is 0. The first-order valence-corrected chi connectivity index (χ1v) is 6.52. The third-order valence-corrected chi connectivity index (χ3v) is 2.96. The molecule has 0 amide bonds. The average Bonchev–Trinajstić information content (AvgIpc) is 3.08. The maximum absolute atomic E-state index is 11.5. The first-order valence-electron chi connectivity index (χ1n) is 6.52. The smallest absolute Gasteiger partial charge is 0.308 e. The molecule has 94 valence electrons. The predicted molar refractivity (Wildman–Crippen MR) is 63.2 cm³/mol. The number of epoxide rings is 1. The summed E-state index contributed by atoms with van der Waals surface area (Å²) in [4.78, 5) is 11.5. The van der Waals surface area contributed by atoms with Crippen LogP contribution in [-0.4, -0.2) is 25.3 Å². The molecular formula is C13H24O3. The Morgan fingerprint density at radius 3 is 2.81 bits per heavy atom. The molecule has 0 spiro atoms. The fourth-order valence-corrected chi connectivity index (χ4v) is 1.68. The van der Waals surface area contributed by atoms with Crippen molar-refractivity contribution < 1.29 is 14.3 Å². The van der Waals surface area contributed by atoms with Gasteiger partial charge in [0.25, 0.3) is 0 Å². The van der Waals surface area contributed by atoms with Gasteiger partial charge in [0, 0.05) is 0 Å². The standard InChI is InChI=1S/C13H24O3/c1-3-4-5-7-11(2)13(14)15-9-6-8-12-10-16-12/h11-12H,3-10H2,1-2H3. The first kappa shape index (κ1) is 13.5. The highest BCUT2D eigenvalue weighted by atomic mass is 16.6. The SMILES string of the molecule is CCCCCC(C)C(=O)OCCCC1CO1. The lowest BCUT2D eigenvalue weighted by Gasteiger charge is -2.10. The van der Waals surface area contributed by atoms with Crippen molar-refractivity contribution in [3.05, 3.63) is 0 Å². The molecule has 0 N–H and O–H groups in total. The summed E-state index contributed by atoms with van der Waals surface area (Å²) in [5.74, 6) is 0.0246. The molecule has 2 atom stereocenters. The molecule has 2 unspecified atom stereocenters. The van der Waals surface area contributed by atoms with Gasteiger partial charge in [-0.1, -0.05) is 33.1 Å². The van der Waals surface area contributed by atoms with E-state index in [-0.39, 0.29) is 11.9 Å². The number of carbonyl (C=O) groups excluding carboxylic acids is 1. The van der Waals surface area contributed by atoms with Crippen LogP contribution in [0.25, 0.3) is 0 Å². The predicted octanol–water partition coefficient (Wildman–Crippen LogP) is 2.93. The summed E-state index contributed by atoms with van der Waals surface area (Å²) in [6.45, 7) is 5.57. The quantitative estimate of drug-likeness (QED) is 0.346. The Bertz CT molecular complexity index is 199. The molecule has 0 saturated carbocycles. The number of carbonyl (C=O) groups is 1. The van der Waals surface area contributed by atoms with Crippen LogP contribution in [0, 0.1) is 5.92 Å². The molecule has 0 aromatic heterocycles. The monoisotopic (exact) mass is 228 g/mol. The maximum atomic E-state index is 11.5. The highest BCUT2D eigenvalue weighted by Crippen LogP contribution is 2.16. The molecule has 3 nitrogen and oxygen atoms in total. The number of hydrogen-bond acceptors (Lipinski definition) is 3. The second kappa shape index (κ2) is 7.66. The van der Waals surface area contributed by atoms with E-state index in [0.717, 1.165) is 32.3 Å². The number of hydrogen-bond donors (Lipinski definition) is 0. The van der Waals surface area contributed by atoms with E-state index in [1.165, 1.54) is 12.8 Å². The molecular weight excluding hydrogens is 204 g/mol. The largest absolute Gasteiger partial charge is 0.465 e. The number of ether oxygens (including phenoxy) is 2. The fourth-order valence-electron chi connectivity index (χ4n) is 1.68. The lowest BCUT2D eigenvalue weighted by atomic mass is 10.0. The van der Waals surface area contributed by atoms with Crippen LogP contribution < -0.4 is 0 Å². The second-order valence-electron chi connectivity index (χ2n) is 4.66. The summed E-state index contributed by atoms with van der Waals surface area (Å²) in [7, 11) is 0. The van der Waals surface area contributed by atoms with Gasteiger partial charge in [0.1, 0.15) is 0 Å². The summed E-state index contributed by atoms with van der Waals surface area (Å²) >= 11 is 0.